The molecule has 0 radical (unpaired) electrons. The topological polar surface area (TPSA) is 97.6 Å². The molecule has 29 heavy (non-hydrogen) atoms. The van der Waals surface area contributed by atoms with Crippen molar-refractivity contribution in [3.8, 4) is 0 Å². The number of carbonyl (C=O) groups excluding carboxylic acids is 1. The average molecular weight is 410 g/mol. The lowest BCUT2D eigenvalue weighted by molar-refractivity contribution is 0.102. The minimum Gasteiger partial charge on any atom is -0.338 e. The Morgan fingerprint density at radius 2 is 1.76 bits per heavy atom. The van der Waals surface area contributed by atoms with Gasteiger partial charge in [0.05, 0.1) is 0 Å². The molecular weight excluding hydrogens is 390 g/mol. The smallest absolute Gasteiger partial charge is 0.256 e. The number of carbonyl (C=O) groups is 1. The van der Waals surface area contributed by atoms with Gasteiger partial charge in [-0.2, -0.15) is 5.10 Å². The Bertz CT molecular complexity index is 1060. The number of nitrogens with zero attached hydrogens (tertiary/aromatic N) is 5. The Balaban J connectivity index is 1.89. The largest absolute Gasteiger partial charge is 0.338 e. The molecular formula is C20H20ClN7O. The summed E-state index contributed by atoms with van der Waals surface area (Å²) in [4.78, 5) is 24.6. The third-order valence-corrected chi connectivity index (χ3v) is 4.16. The fourth-order valence-electron chi connectivity index (χ4n) is 2.67. The number of rotatable bonds is 4. The van der Waals surface area contributed by atoms with E-state index in [4.69, 9.17) is 11.6 Å². The van der Waals surface area contributed by atoms with Gasteiger partial charge in [0.25, 0.3) is 5.91 Å². The summed E-state index contributed by atoms with van der Waals surface area (Å²) in [5.74, 6) is 0.830. The highest BCUT2D eigenvalue weighted by Gasteiger charge is 2.12. The fourth-order valence-corrected chi connectivity index (χ4v) is 2.77. The molecule has 0 aliphatic rings. The van der Waals surface area contributed by atoms with Crippen LogP contribution in [0.4, 0.5) is 17.3 Å². The Labute approximate surface area is 173 Å². The maximum Gasteiger partial charge on any atom is 0.256 e. The van der Waals surface area contributed by atoms with Crippen LogP contribution in [0.5, 0.6) is 0 Å². The second-order valence-electron chi connectivity index (χ2n) is 6.30. The lowest BCUT2D eigenvalue weighted by atomic mass is 10.0. The molecule has 2 heterocycles. The Morgan fingerprint density at radius 3 is 2.45 bits per heavy atom. The van der Waals surface area contributed by atoms with Crippen molar-refractivity contribution in [2.75, 3.05) is 10.6 Å². The number of benzene rings is 1. The summed E-state index contributed by atoms with van der Waals surface area (Å²) in [5.41, 5.74) is 3.18. The first-order valence-electron chi connectivity index (χ1n) is 8.78. The van der Waals surface area contributed by atoms with Gasteiger partial charge in [-0.25, -0.2) is 15.0 Å². The van der Waals surface area contributed by atoms with Gasteiger partial charge in [-0.1, -0.05) is 6.07 Å². The van der Waals surface area contributed by atoms with Crippen molar-refractivity contribution >= 4 is 34.8 Å². The maximum atomic E-state index is 12.6. The molecule has 2 N–H and O–H groups in total. The lowest BCUT2D eigenvalue weighted by Crippen LogP contribution is -2.14. The van der Waals surface area contributed by atoms with E-state index in [9.17, 15) is 4.79 Å². The number of nitrogens with one attached hydrogen (secondary N) is 2. The zero-order chi connectivity index (χ0) is 20.8. The normalized spacial score (nSPS) is 10.2. The molecule has 1 aromatic carbocycles. The van der Waals surface area contributed by atoms with Crippen molar-refractivity contribution in [3.63, 3.8) is 0 Å². The van der Waals surface area contributed by atoms with Crippen LogP contribution in [0.1, 0.15) is 21.5 Å². The van der Waals surface area contributed by atoms with Gasteiger partial charge in [0.1, 0.15) is 12.1 Å². The number of anilines is 3. The zero-order valence-electron chi connectivity index (χ0n) is 16.2. The van der Waals surface area contributed by atoms with E-state index in [1.807, 2.05) is 32.0 Å². The van der Waals surface area contributed by atoms with Crippen LogP contribution >= 0.6 is 11.6 Å². The van der Waals surface area contributed by atoms with E-state index in [2.05, 4.69) is 30.7 Å². The highest BCUT2D eigenvalue weighted by atomic mass is 35.5. The molecule has 0 spiro atoms. The van der Waals surface area contributed by atoms with Gasteiger partial charge in [-0.05, 0) is 60.8 Å². The van der Waals surface area contributed by atoms with Crippen LogP contribution in [0.3, 0.4) is 0 Å². The van der Waals surface area contributed by atoms with E-state index >= 15 is 0 Å². The number of amides is 1. The number of halogens is 1. The van der Waals surface area contributed by atoms with Crippen LogP contribution in [-0.4, -0.2) is 30.6 Å². The zero-order valence-corrected chi connectivity index (χ0v) is 17.0. The summed E-state index contributed by atoms with van der Waals surface area (Å²) >= 11 is 5.86. The van der Waals surface area contributed by atoms with Crippen LogP contribution in [0.25, 0.3) is 0 Å². The van der Waals surface area contributed by atoms with Crippen LogP contribution in [0.15, 0.2) is 55.1 Å². The van der Waals surface area contributed by atoms with Crippen molar-refractivity contribution in [3.05, 3.63) is 77.1 Å². The third-order valence-electron chi connectivity index (χ3n) is 3.96. The molecule has 0 bridgehead atoms. The van der Waals surface area contributed by atoms with Crippen molar-refractivity contribution < 1.29 is 4.79 Å². The molecule has 0 fully saturated rings. The predicted octanol–water partition coefficient (Wildman–Crippen LogP) is 4.00. The average Bonchev–Trinajstić information content (AvgIpc) is 2.76. The van der Waals surface area contributed by atoms with E-state index in [0.717, 1.165) is 16.8 Å². The van der Waals surface area contributed by atoms with Gasteiger partial charge < -0.3 is 10.6 Å². The summed E-state index contributed by atoms with van der Waals surface area (Å²) in [6.07, 6.45) is 4.61. The fraction of sp³-hybridized carbons (Fsp3) is 0.150. The van der Waals surface area contributed by atoms with Crippen molar-refractivity contribution in [2.45, 2.75) is 13.8 Å². The van der Waals surface area contributed by atoms with E-state index in [-0.39, 0.29) is 11.2 Å². The molecule has 1 amide bonds. The van der Waals surface area contributed by atoms with Gasteiger partial charge in [0.2, 0.25) is 5.28 Å². The lowest BCUT2D eigenvalue weighted by Gasteiger charge is -2.14. The second kappa shape index (κ2) is 9.11. The maximum absolute atomic E-state index is 12.6. The highest BCUT2D eigenvalue weighted by Crippen LogP contribution is 2.25. The number of hydrogen-bond donors (Lipinski definition) is 2. The van der Waals surface area contributed by atoms with Gasteiger partial charge >= 0.3 is 0 Å². The monoisotopic (exact) mass is 409 g/mol. The minimum absolute atomic E-state index is 0.111. The number of aryl methyl sites for hydroxylation is 3. The molecule has 0 saturated heterocycles. The SMILES string of the molecule is Cc1cc(C(=O)Nc2ccccn2)cc(C)c1Nc1ccnc(Cl)ncn(C)n1. The molecule has 148 valence electrons. The molecule has 9 heteroatoms. The molecule has 0 aliphatic carbocycles. The van der Waals surface area contributed by atoms with E-state index in [0.29, 0.717) is 17.2 Å². The van der Waals surface area contributed by atoms with Crippen LogP contribution in [-0.2, 0) is 7.05 Å². The van der Waals surface area contributed by atoms with Gasteiger partial charge in [-0.3, -0.25) is 9.48 Å². The standard InChI is InChI=1S/C20H20ClN7O/c1-13-10-15(19(29)26-16-6-4-5-8-22-16)11-14(2)18(13)25-17-7-9-23-20(21)24-12-28(3)27-17/h4-12H,1-3H3,(H,25,27)(H,22,26,29). The van der Waals surface area contributed by atoms with Crippen LogP contribution in [0.2, 0.25) is 5.28 Å². The molecule has 0 unspecified atom stereocenters. The molecule has 0 atom stereocenters. The first-order chi connectivity index (χ1) is 13.9. The van der Waals surface area contributed by atoms with E-state index in [1.165, 1.54) is 17.2 Å². The molecule has 3 aromatic rings. The minimum atomic E-state index is -0.221. The van der Waals surface area contributed by atoms with Gasteiger partial charge in [-0.15, -0.1) is 0 Å². The van der Waals surface area contributed by atoms with E-state index < -0.39 is 0 Å². The Kier molecular flexibility index (Phi) is 6.36. The van der Waals surface area contributed by atoms with Crippen molar-refractivity contribution in [1.29, 1.82) is 0 Å². The number of hydrogen-bond acceptors (Lipinski definition) is 6. The van der Waals surface area contributed by atoms with E-state index in [1.54, 1.807) is 31.4 Å². The Hall–Kier alpha value is -3.52. The van der Waals surface area contributed by atoms with Gasteiger partial charge in [0.15, 0.2) is 5.82 Å². The van der Waals surface area contributed by atoms with Gasteiger partial charge in [0, 0.05) is 36.8 Å². The molecule has 2 aromatic heterocycles. The first kappa shape index (κ1) is 20.2. The van der Waals surface area contributed by atoms with Crippen LogP contribution in [0, 0.1) is 13.8 Å². The number of pyridine rings is 1. The predicted molar refractivity (Wildman–Crippen MR) is 113 cm³/mol. The Morgan fingerprint density at radius 1 is 1.00 bits per heavy atom. The summed E-state index contributed by atoms with van der Waals surface area (Å²) in [7, 11) is 1.74. The summed E-state index contributed by atoms with van der Waals surface area (Å²) < 4.78 is 1.52. The molecule has 0 aliphatic heterocycles. The first-order valence-corrected chi connectivity index (χ1v) is 9.16. The number of aromatic nitrogens is 5. The van der Waals surface area contributed by atoms with Crippen molar-refractivity contribution in [1.82, 2.24) is 24.7 Å². The summed E-state index contributed by atoms with van der Waals surface area (Å²) in [6.45, 7) is 3.85. The third kappa shape index (κ3) is 5.49. The highest BCUT2D eigenvalue weighted by molar-refractivity contribution is 6.28. The molecule has 0 saturated carbocycles. The molecule has 3 rings (SSSR count). The van der Waals surface area contributed by atoms with Crippen LogP contribution < -0.4 is 10.6 Å². The summed E-state index contributed by atoms with van der Waals surface area (Å²) in [5, 5.41) is 10.6. The summed E-state index contributed by atoms with van der Waals surface area (Å²) in [6, 6.07) is 10.7. The molecule has 8 nitrogen and oxygen atoms in total. The second-order valence-corrected chi connectivity index (χ2v) is 6.63. The van der Waals surface area contributed by atoms with Crippen molar-refractivity contribution in [2.24, 2.45) is 7.05 Å². The quantitative estimate of drug-likeness (QED) is 0.676.